The molecule has 0 heterocycles. The van der Waals surface area contributed by atoms with E-state index in [0.717, 1.165) is 5.56 Å². The fourth-order valence-electron chi connectivity index (χ4n) is 3.52. The number of hydrogen-bond donors (Lipinski definition) is 1. The lowest BCUT2D eigenvalue weighted by atomic mass is 10.0. The summed E-state index contributed by atoms with van der Waals surface area (Å²) >= 11 is 0. The number of rotatable bonds is 6. The molecule has 0 amide bonds. The molecule has 2 aromatic carbocycles. The van der Waals surface area contributed by atoms with Crippen molar-refractivity contribution in [3.63, 3.8) is 0 Å². The topological polar surface area (TPSA) is 78.6 Å². The van der Waals surface area contributed by atoms with Crippen LogP contribution >= 0.6 is 0 Å². The lowest BCUT2D eigenvalue weighted by Gasteiger charge is -2.11. The summed E-state index contributed by atoms with van der Waals surface area (Å²) in [6.45, 7) is 4.74. The van der Waals surface area contributed by atoms with Gasteiger partial charge < -0.3 is 9.47 Å². The molecule has 0 bridgehead atoms. The van der Waals surface area contributed by atoms with Gasteiger partial charge in [0.05, 0.1) is 18.6 Å². The van der Waals surface area contributed by atoms with Crippen LogP contribution in [0.1, 0.15) is 25.3 Å². The first-order valence-corrected chi connectivity index (χ1v) is 9.78. The molecule has 3 rings (SSSR count). The first-order valence-electron chi connectivity index (χ1n) is 8.23. The summed E-state index contributed by atoms with van der Waals surface area (Å²) < 4.78 is 47.1. The molecule has 0 radical (unpaired) electrons. The molecule has 1 aliphatic carbocycles. The highest BCUT2D eigenvalue weighted by atomic mass is 32.2. The van der Waals surface area contributed by atoms with Crippen molar-refractivity contribution in [3.8, 4) is 11.5 Å². The van der Waals surface area contributed by atoms with Crippen LogP contribution in [-0.4, -0.2) is 22.1 Å². The molecule has 0 aliphatic heterocycles. The van der Waals surface area contributed by atoms with Crippen molar-refractivity contribution in [1.29, 1.82) is 0 Å². The van der Waals surface area contributed by atoms with E-state index in [9.17, 15) is 12.8 Å². The average Bonchev–Trinajstić information content (AvgIpc) is 3.13. The number of nitrogens with two attached hydrogens (primary N) is 1. The minimum absolute atomic E-state index is 0.0103. The molecule has 2 atom stereocenters. The zero-order chi connectivity index (χ0) is 19.1. The fourth-order valence-corrected chi connectivity index (χ4v) is 4.04. The van der Waals surface area contributed by atoms with Crippen LogP contribution in [0.25, 0.3) is 0 Å². The molecule has 2 N–H and O–H groups in total. The maximum atomic E-state index is 13.3. The number of sulfonamides is 1. The number of primary sulfonamides is 1. The highest BCUT2D eigenvalue weighted by molar-refractivity contribution is 7.89. The van der Waals surface area contributed by atoms with E-state index in [1.165, 1.54) is 31.4 Å². The van der Waals surface area contributed by atoms with Crippen molar-refractivity contribution < 1.29 is 22.3 Å². The van der Waals surface area contributed by atoms with E-state index in [1.54, 1.807) is 18.2 Å². The average molecular weight is 379 g/mol. The Morgan fingerprint density at radius 1 is 1.12 bits per heavy atom. The smallest absolute Gasteiger partial charge is 0.238 e. The third kappa shape index (κ3) is 3.54. The first-order chi connectivity index (χ1) is 12.1. The Balaban J connectivity index is 1.72. The van der Waals surface area contributed by atoms with Crippen LogP contribution in [0.3, 0.4) is 0 Å². The van der Waals surface area contributed by atoms with E-state index in [1.807, 2.05) is 0 Å². The number of ether oxygens (including phenoxy) is 2. The monoisotopic (exact) mass is 379 g/mol. The summed E-state index contributed by atoms with van der Waals surface area (Å²) in [7, 11) is -2.22. The quantitative estimate of drug-likeness (QED) is 0.835. The Labute approximate surface area is 153 Å². The SMILES string of the molecule is COc1cc(F)ccc1OC[C@H]1[C@H](c2ccc(S(N)(=O)=O)cc2)C1(C)C. The molecule has 1 aliphatic rings. The molecule has 7 heteroatoms. The zero-order valence-electron chi connectivity index (χ0n) is 14.9. The van der Waals surface area contributed by atoms with E-state index in [2.05, 4.69) is 13.8 Å². The number of methoxy groups -OCH3 is 1. The van der Waals surface area contributed by atoms with Crippen LogP contribution in [0.2, 0.25) is 0 Å². The second-order valence-electron chi connectivity index (χ2n) is 7.13. The van der Waals surface area contributed by atoms with Crippen LogP contribution in [0.15, 0.2) is 47.4 Å². The molecule has 0 aromatic heterocycles. The van der Waals surface area contributed by atoms with Gasteiger partial charge in [-0.25, -0.2) is 17.9 Å². The van der Waals surface area contributed by atoms with Gasteiger partial charge >= 0.3 is 0 Å². The summed E-state index contributed by atoms with van der Waals surface area (Å²) in [6, 6.07) is 10.8. The van der Waals surface area contributed by atoms with E-state index in [0.29, 0.717) is 18.1 Å². The second-order valence-corrected chi connectivity index (χ2v) is 8.69. The van der Waals surface area contributed by atoms with Gasteiger partial charge in [-0.1, -0.05) is 26.0 Å². The summed E-state index contributed by atoms with van der Waals surface area (Å²) in [4.78, 5) is 0.101. The van der Waals surface area contributed by atoms with Gasteiger partial charge in [0.2, 0.25) is 10.0 Å². The molecule has 0 spiro atoms. The molecule has 1 saturated carbocycles. The Kier molecular flexibility index (Phi) is 4.71. The first kappa shape index (κ1) is 18.7. The molecule has 0 unspecified atom stereocenters. The predicted molar refractivity (Wildman–Crippen MR) is 96.3 cm³/mol. The van der Waals surface area contributed by atoms with E-state index >= 15 is 0 Å². The molecule has 140 valence electrons. The third-order valence-electron chi connectivity index (χ3n) is 5.16. The highest BCUT2D eigenvalue weighted by Gasteiger charge is 2.58. The van der Waals surface area contributed by atoms with Crippen molar-refractivity contribution in [2.45, 2.75) is 24.7 Å². The number of hydrogen-bond acceptors (Lipinski definition) is 4. The minimum Gasteiger partial charge on any atom is -0.493 e. The van der Waals surface area contributed by atoms with Gasteiger partial charge in [0, 0.05) is 12.0 Å². The molecule has 26 heavy (non-hydrogen) atoms. The van der Waals surface area contributed by atoms with Gasteiger partial charge in [-0.15, -0.1) is 0 Å². The summed E-state index contributed by atoms with van der Waals surface area (Å²) in [5.41, 5.74) is 1.05. The van der Waals surface area contributed by atoms with Crippen molar-refractivity contribution in [2.24, 2.45) is 16.5 Å². The van der Waals surface area contributed by atoms with Crippen LogP contribution in [0.5, 0.6) is 11.5 Å². The fraction of sp³-hybridized carbons (Fsp3) is 0.368. The molecule has 1 fully saturated rings. The summed E-state index contributed by atoms with van der Waals surface area (Å²) in [5, 5.41) is 5.14. The molecular weight excluding hydrogens is 357 g/mol. The molecule has 2 aromatic rings. The molecule has 5 nitrogen and oxygen atoms in total. The van der Waals surface area contributed by atoms with Gasteiger partial charge in [0.1, 0.15) is 5.82 Å². The van der Waals surface area contributed by atoms with Crippen LogP contribution in [0.4, 0.5) is 4.39 Å². The number of halogens is 1. The van der Waals surface area contributed by atoms with Crippen LogP contribution in [-0.2, 0) is 10.0 Å². The van der Waals surface area contributed by atoms with Crippen LogP contribution < -0.4 is 14.6 Å². The Morgan fingerprint density at radius 3 is 2.35 bits per heavy atom. The van der Waals surface area contributed by atoms with Crippen molar-refractivity contribution in [1.82, 2.24) is 0 Å². The Bertz CT molecular complexity index is 910. The Hall–Kier alpha value is -2.12. The molecule has 0 saturated heterocycles. The molecular formula is C19H22FNO4S. The lowest BCUT2D eigenvalue weighted by molar-refractivity contribution is 0.263. The summed E-state index contributed by atoms with van der Waals surface area (Å²) in [5.74, 6) is 0.965. The number of benzene rings is 2. The third-order valence-corrected chi connectivity index (χ3v) is 6.09. The van der Waals surface area contributed by atoms with Gasteiger partial charge in [0.25, 0.3) is 0 Å². The van der Waals surface area contributed by atoms with E-state index in [4.69, 9.17) is 14.6 Å². The van der Waals surface area contributed by atoms with Crippen LogP contribution in [0, 0.1) is 17.2 Å². The van der Waals surface area contributed by atoms with Gasteiger partial charge in [0.15, 0.2) is 11.5 Å². The maximum absolute atomic E-state index is 13.3. The normalized spacial score (nSPS) is 21.3. The minimum atomic E-state index is -3.69. The van der Waals surface area contributed by atoms with Gasteiger partial charge in [-0.2, -0.15) is 0 Å². The van der Waals surface area contributed by atoms with E-state index < -0.39 is 10.0 Å². The standard InChI is InChI=1S/C19H22FNO4S/c1-19(2)15(11-25-16-9-6-13(20)10-17(16)24-3)18(19)12-4-7-14(8-5-12)26(21,22)23/h4-10,15,18H,11H2,1-3H3,(H2,21,22,23)/t15-,18-/m0/s1. The Morgan fingerprint density at radius 2 is 1.77 bits per heavy atom. The largest absolute Gasteiger partial charge is 0.493 e. The van der Waals surface area contributed by atoms with E-state index in [-0.39, 0.29) is 28.0 Å². The van der Waals surface area contributed by atoms with Crippen molar-refractivity contribution in [3.05, 3.63) is 53.8 Å². The van der Waals surface area contributed by atoms with Crippen molar-refractivity contribution >= 4 is 10.0 Å². The van der Waals surface area contributed by atoms with Gasteiger partial charge in [-0.05, 0) is 41.2 Å². The zero-order valence-corrected chi connectivity index (χ0v) is 15.7. The maximum Gasteiger partial charge on any atom is 0.238 e. The van der Waals surface area contributed by atoms with Gasteiger partial charge in [-0.3, -0.25) is 0 Å². The predicted octanol–water partition coefficient (Wildman–Crippen LogP) is 3.30. The summed E-state index contributed by atoms with van der Waals surface area (Å²) in [6.07, 6.45) is 0. The highest BCUT2D eigenvalue weighted by Crippen LogP contribution is 2.64. The lowest BCUT2D eigenvalue weighted by Crippen LogP contribution is -2.11. The second kappa shape index (κ2) is 6.55. The van der Waals surface area contributed by atoms with Crippen molar-refractivity contribution in [2.75, 3.05) is 13.7 Å².